The molecule has 0 radical (unpaired) electrons. The standard InChI is InChI=1S/C16H16BrN5/c1-10-2-5-13(17)8-12(10)9-19-14-16-21-20-15(11-3-4-11)22(16)7-6-18-14/h2,5-8,11H,3-4,9H2,1H3,(H,18,19). The predicted octanol–water partition coefficient (Wildman–Crippen LogP) is 3.68. The smallest absolute Gasteiger partial charge is 0.203 e. The number of halogens is 1. The van der Waals surface area contributed by atoms with Gasteiger partial charge in [0.15, 0.2) is 5.82 Å². The van der Waals surface area contributed by atoms with Gasteiger partial charge in [-0.1, -0.05) is 22.0 Å². The summed E-state index contributed by atoms with van der Waals surface area (Å²) in [6.07, 6.45) is 6.17. The van der Waals surface area contributed by atoms with Crippen molar-refractivity contribution < 1.29 is 0 Å². The van der Waals surface area contributed by atoms with Crippen LogP contribution >= 0.6 is 15.9 Å². The van der Waals surface area contributed by atoms with E-state index in [2.05, 4.69) is 66.0 Å². The van der Waals surface area contributed by atoms with Crippen LogP contribution in [0, 0.1) is 6.92 Å². The molecule has 22 heavy (non-hydrogen) atoms. The third-order valence-electron chi connectivity index (χ3n) is 4.05. The van der Waals surface area contributed by atoms with Crippen molar-refractivity contribution in [3.8, 4) is 0 Å². The minimum Gasteiger partial charge on any atom is -0.363 e. The first kappa shape index (κ1) is 13.7. The number of aryl methyl sites for hydroxylation is 1. The Morgan fingerprint density at radius 1 is 1.32 bits per heavy atom. The first-order valence-corrected chi connectivity index (χ1v) is 8.20. The zero-order valence-electron chi connectivity index (χ0n) is 12.3. The highest BCUT2D eigenvalue weighted by Gasteiger charge is 2.29. The molecule has 0 aliphatic heterocycles. The molecule has 1 aliphatic rings. The first-order valence-electron chi connectivity index (χ1n) is 7.41. The third kappa shape index (κ3) is 2.47. The van der Waals surface area contributed by atoms with Gasteiger partial charge in [-0.3, -0.25) is 4.40 Å². The van der Waals surface area contributed by atoms with Gasteiger partial charge in [0.05, 0.1) is 0 Å². The summed E-state index contributed by atoms with van der Waals surface area (Å²) in [5, 5.41) is 12.0. The van der Waals surface area contributed by atoms with E-state index in [1.165, 1.54) is 24.0 Å². The Labute approximate surface area is 136 Å². The van der Waals surface area contributed by atoms with Gasteiger partial charge in [-0.05, 0) is 43.0 Å². The summed E-state index contributed by atoms with van der Waals surface area (Å²) in [6, 6.07) is 6.29. The van der Waals surface area contributed by atoms with Crippen molar-refractivity contribution in [3.05, 3.63) is 52.0 Å². The van der Waals surface area contributed by atoms with Crippen LogP contribution in [-0.2, 0) is 6.54 Å². The number of anilines is 1. The lowest BCUT2D eigenvalue weighted by Gasteiger charge is -2.09. The summed E-state index contributed by atoms with van der Waals surface area (Å²) >= 11 is 3.52. The number of fused-ring (bicyclic) bond motifs is 1. The highest BCUT2D eigenvalue weighted by molar-refractivity contribution is 9.10. The van der Waals surface area contributed by atoms with Gasteiger partial charge in [0.25, 0.3) is 0 Å². The van der Waals surface area contributed by atoms with Crippen molar-refractivity contribution in [2.75, 3.05) is 5.32 Å². The zero-order valence-corrected chi connectivity index (χ0v) is 13.8. The second-order valence-corrected chi connectivity index (χ2v) is 6.64. The minimum atomic E-state index is 0.567. The van der Waals surface area contributed by atoms with Crippen LogP contribution in [0.1, 0.15) is 35.7 Å². The molecule has 1 saturated carbocycles. The van der Waals surface area contributed by atoms with Gasteiger partial charge in [0.2, 0.25) is 5.65 Å². The van der Waals surface area contributed by atoms with Gasteiger partial charge in [-0.25, -0.2) is 4.98 Å². The van der Waals surface area contributed by atoms with E-state index in [1.807, 2.05) is 6.20 Å². The normalized spacial score (nSPS) is 14.5. The molecule has 3 aromatic rings. The van der Waals surface area contributed by atoms with Gasteiger partial charge in [0, 0.05) is 29.3 Å². The Balaban J connectivity index is 1.63. The summed E-state index contributed by atoms with van der Waals surface area (Å²) in [5.74, 6) is 2.40. The Morgan fingerprint density at radius 2 is 2.18 bits per heavy atom. The van der Waals surface area contributed by atoms with E-state index in [1.54, 1.807) is 6.20 Å². The highest BCUT2D eigenvalue weighted by atomic mass is 79.9. The van der Waals surface area contributed by atoms with Crippen LogP contribution in [0.5, 0.6) is 0 Å². The molecule has 1 aromatic carbocycles. The third-order valence-corrected chi connectivity index (χ3v) is 4.55. The minimum absolute atomic E-state index is 0.567. The number of hydrogen-bond donors (Lipinski definition) is 1. The lowest BCUT2D eigenvalue weighted by molar-refractivity contribution is 0.894. The molecular weight excluding hydrogens is 342 g/mol. The Hall–Kier alpha value is -1.95. The van der Waals surface area contributed by atoms with Gasteiger partial charge in [0.1, 0.15) is 5.82 Å². The maximum atomic E-state index is 4.42. The second kappa shape index (κ2) is 5.35. The zero-order chi connectivity index (χ0) is 15.1. The summed E-state index contributed by atoms with van der Waals surface area (Å²) in [5.41, 5.74) is 3.29. The quantitative estimate of drug-likeness (QED) is 0.773. The molecule has 1 aliphatic carbocycles. The van der Waals surface area contributed by atoms with E-state index in [-0.39, 0.29) is 0 Å². The van der Waals surface area contributed by atoms with E-state index in [0.717, 1.165) is 21.8 Å². The predicted molar refractivity (Wildman–Crippen MR) is 89.0 cm³/mol. The molecule has 1 fully saturated rings. The molecule has 0 bridgehead atoms. The first-order chi connectivity index (χ1) is 10.7. The van der Waals surface area contributed by atoms with Crippen molar-refractivity contribution >= 4 is 27.4 Å². The number of nitrogens with one attached hydrogen (secondary N) is 1. The number of aromatic nitrogens is 4. The lowest BCUT2D eigenvalue weighted by Crippen LogP contribution is -2.05. The second-order valence-electron chi connectivity index (χ2n) is 5.73. The molecule has 0 unspecified atom stereocenters. The van der Waals surface area contributed by atoms with Crippen LogP contribution < -0.4 is 5.32 Å². The van der Waals surface area contributed by atoms with Crippen LogP contribution in [0.2, 0.25) is 0 Å². The molecule has 0 atom stereocenters. The van der Waals surface area contributed by atoms with Gasteiger partial charge >= 0.3 is 0 Å². The van der Waals surface area contributed by atoms with Crippen molar-refractivity contribution in [1.82, 2.24) is 19.6 Å². The molecule has 0 saturated heterocycles. The molecule has 6 heteroatoms. The van der Waals surface area contributed by atoms with E-state index >= 15 is 0 Å². The maximum Gasteiger partial charge on any atom is 0.203 e. The number of benzene rings is 1. The Bertz CT molecular complexity index is 838. The van der Waals surface area contributed by atoms with Gasteiger partial charge in [-0.15, -0.1) is 10.2 Å². The summed E-state index contributed by atoms with van der Waals surface area (Å²) in [7, 11) is 0. The largest absolute Gasteiger partial charge is 0.363 e. The van der Waals surface area contributed by atoms with Gasteiger partial charge in [-0.2, -0.15) is 0 Å². The van der Waals surface area contributed by atoms with Crippen LogP contribution in [0.4, 0.5) is 5.82 Å². The average Bonchev–Trinajstić information content (AvgIpc) is 3.27. The molecule has 0 amide bonds. The van der Waals surface area contributed by atoms with E-state index in [4.69, 9.17) is 0 Å². The van der Waals surface area contributed by atoms with Crippen LogP contribution in [0.25, 0.3) is 5.65 Å². The monoisotopic (exact) mass is 357 g/mol. The Kier molecular flexibility index (Phi) is 3.33. The fourth-order valence-electron chi connectivity index (χ4n) is 2.60. The van der Waals surface area contributed by atoms with Crippen LogP contribution in [0.15, 0.2) is 35.1 Å². The molecule has 0 spiro atoms. The summed E-state index contributed by atoms with van der Waals surface area (Å²) < 4.78 is 3.14. The maximum absolute atomic E-state index is 4.42. The fourth-order valence-corrected chi connectivity index (χ4v) is 3.01. The van der Waals surface area contributed by atoms with Crippen LogP contribution in [0.3, 0.4) is 0 Å². The average molecular weight is 358 g/mol. The number of hydrogen-bond acceptors (Lipinski definition) is 4. The molecule has 2 heterocycles. The SMILES string of the molecule is Cc1ccc(Br)cc1CNc1nccn2c(C3CC3)nnc12. The summed E-state index contributed by atoms with van der Waals surface area (Å²) in [6.45, 7) is 2.82. The highest BCUT2D eigenvalue weighted by Crippen LogP contribution is 2.39. The van der Waals surface area contributed by atoms with Crippen molar-refractivity contribution in [2.24, 2.45) is 0 Å². The van der Waals surface area contributed by atoms with Crippen LogP contribution in [-0.4, -0.2) is 19.6 Å². The van der Waals surface area contributed by atoms with Gasteiger partial charge < -0.3 is 5.32 Å². The van der Waals surface area contributed by atoms with E-state index in [9.17, 15) is 0 Å². The lowest BCUT2D eigenvalue weighted by atomic mass is 10.1. The number of rotatable bonds is 4. The molecule has 4 rings (SSSR count). The topological polar surface area (TPSA) is 55.1 Å². The Morgan fingerprint density at radius 3 is 3.00 bits per heavy atom. The summed E-state index contributed by atoms with van der Waals surface area (Å²) in [4.78, 5) is 4.42. The number of nitrogens with zero attached hydrogens (tertiary/aromatic N) is 4. The van der Waals surface area contributed by atoms with Crippen molar-refractivity contribution in [2.45, 2.75) is 32.2 Å². The molecule has 112 valence electrons. The molecular formula is C16H16BrN5. The molecule has 2 aromatic heterocycles. The molecule has 5 nitrogen and oxygen atoms in total. The van der Waals surface area contributed by atoms with E-state index in [0.29, 0.717) is 12.5 Å². The van der Waals surface area contributed by atoms with Crippen molar-refractivity contribution in [1.29, 1.82) is 0 Å². The fraction of sp³-hybridized carbons (Fsp3) is 0.312. The van der Waals surface area contributed by atoms with E-state index < -0.39 is 0 Å². The van der Waals surface area contributed by atoms with Crippen molar-refractivity contribution in [3.63, 3.8) is 0 Å². The molecule has 1 N–H and O–H groups in total.